The molecule has 0 fully saturated rings. The van der Waals surface area contributed by atoms with Gasteiger partial charge in [-0.2, -0.15) is 0 Å². The highest BCUT2D eigenvalue weighted by Crippen LogP contribution is 2.00. The molecule has 0 aliphatic heterocycles. The number of hydrogen-bond donors (Lipinski definition) is 0. The average molecular weight is 531 g/mol. The molecule has 0 rings (SSSR count). The predicted molar refractivity (Wildman–Crippen MR) is 125 cm³/mol. The summed E-state index contributed by atoms with van der Waals surface area (Å²) >= 11 is 3.29. The smallest absolute Gasteiger partial charge is 0.305 e. The van der Waals surface area contributed by atoms with Gasteiger partial charge in [0.25, 0.3) is 0 Å². The highest BCUT2D eigenvalue weighted by Gasteiger charge is 2.01. The van der Waals surface area contributed by atoms with Crippen molar-refractivity contribution in [2.75, 3.05) is 104 Å². The summed E-state index contributed by atoms with van der Waals surface area (Å²) in [5.74, 6) is -0.153. The third kappa shape index (κ3) is 27.7. The second-order valence-corrected chi connectivity index (χ2v) is 7.45. The normalized spacial score (nSPS) is 11.2. The summed E-state index contributed by atoms with van der Waals surface area (Å²) in [5, 5.41) is 0.839. The van der Waals surface area contributed by atoms with Gasteiger partial charge >= 0.3 is 5.97 Å². The Kier molecular flexibility index (Phi) is 28.4. The molecule has 0 aromatic carbocycles. The van der Waals surface area contributed by atoms with Gasteiger partial charge in [0.1, 0.15) is 6.61 Å². The first-order valence-corrected chi connectivity index (χ1v) is 12.7. The zero-order valence-electron chi connectivity index (χ0n) is 19.7. The van der Waals surface area contributed by atoms with E-state index in [1.165, 1.54) is 0 Å². The number of alkyl halides is 1. The van der Waals surface area contributed by atoms with Crippen LogP contribution in [0.3, 0.4) is 0 Å². The molecule has 0 N–H and O–H groups in total. The molecular formula is C22H43BrO9. The zero-order chi connectivity index (χ0) is 23.4. The Bertz CT molecular complexity index is 375. The van der Waals surface area contributed by atoms with Crippen LogP contribution in [0.5, 0.6) is 0 Å². The molecule has 0 aliphatic carbocycles. The lowest BCUT2D eigenvalue weighted by molar-refractivity contribution is -0.145. The van der Waals surface area contributed by atoms with Crippen molar-refractivity contribution >= 4 is 21.9 Å². The Labute approximate surface area is 201 Å². The maximum atomic E-state index is 11.4. The van der Waals surface area contributed by atoms with Crippen molar-refractivity contribution in [3.63, 3.8) is 0 Å². The number of carbonyl (C=O) groups excluding carboxylic acids is 1. The van der Waals surface area contributed by atoms with Gasteiger partial charge in [0.15, 0.2) is 0 Å². The first-order valence-electron chi connectivity index (χ1n) is 11.6. The molecule has 9 nitrogen and oxygen atoms in total. The van der Waals surface area contributed by atoms with E-state index in [2.05, 4.69) is 22.9 Å². The largest absolute Gasteiger partial charge is 0.463 e. The molecule has 10 heteroatoms. The summed E-state index contributed by atoms with van der Waals surface area (Å²) < 4.78 is 42.7. The van der Waals surface area contributed by atoms with Crippen molar-refractivity contribution in [1.82, 2.24) is 0 Å². The van der Waals surface area contributed by atoms with E-state index in [0.29, 0.717) is 106 Å². The van der Waals surface area contributed by atoms with Crippen LogP contribution in [0.25, 0.3) is 0 Å². The van der Waals surface area contributed by atoms with Crippen LogP contribution in [0.4, 0.5) is 0 Å². The molecule has 0 saturated carbocycles. The second kappa shape index (κ2) is 28.7. The summed E-state index contributed by atoms with van der Waals surface area (Å²) in [7, 11) is 0. The van der Waals surface area contributed by atoms with Crippen molar-refractivity contribution in [2.24, 2.45) is 0 Å². The fourth-order valence-corrected chi connectivity index (χ4v) is 2.51. The number of unbranched alkanes of at least 4 members (excludes halogenated alkanes) is 2. The van der Waals surface area contributed by atoms with E-state index < -0.39 is 0 Å². The number of halogens is 1. The van der Waals surface area contributed by atoms with Crippen LogP contribution in [0, 0.1) is 0 Å². The Morgan fingerprint density at radius 3 is 1.22 bits per heavy atom. The molecule has 192 valence electrons. The van der Waals surface area contributed by atoms with E-state index in [4.69, 9.17) is 37.9 Å². The Morgan fingerprint density at radius 1 is 0.531 bits per heavy atom. The summed E-state index contributed by atoms with van der Waals surface area (Å²) in [5.41, 5.74) is 0. The molecule has 0 heterocycles. The minimum absolute atomic E-state index is 0.153. The fraction of sp³-hybridized carbons (Fsp3) is 0.955. The highest BCUT2D eigenvalue weighted by molar-refractivity contribution is 9.09. The minimum atomic E-state index is -0.153. The fourth-order valence-electron chi connectivity index (χ4n) is 2.28. The van der Waals surface area contributed by atoms with E-state index in [9.17, 15) is 4.79 Å². The van der Waals surface area contributed by atoms with Gasteiger partial charge in [0, 0.05) is 11.8 Å². The lowest BCUT2D eigenvalue weighted by Gasteiger charge is -2.08. The Morgan fingerprint density at radius 2 is 0.875 bits per heavy atom. The number of ether oxygens (including phenoxy) is 8. The van der Waals surface area contributed by atoms with Crippen LogP contribution in [-0.2, 0) is 42.7 Å². The lowest BCUT2D eigenvalue weighted by Crippen LogP contribution is -2.15. The number of carbonyl (C=O) groups is 1. The first kappa shape index (κ1) is 31.7. The number of rotatable bonds is 27. The predicted octanol–water partition coefficient (Wildman–Crippen LogP) is 2.62. The van der Waals surface area contributed by atoms with Crippen LogP contribution in [0.15, 0.2) is 0 Å². The highest BCUT2D eigenvalue weighted by atomic mass is 79.9. The van der Waals surface area contributed by atoms with Crippen LogP contribution in [0.1, 0.15) is 32.6 Å². The van der Waals surface area contributed by atoms with Gasteiger partial charge < -0.3 is 37.9 Å². The maximum absolute atomic E-state index is 11.4. The first-order chi connectivity index (χ1) is 15.8. The molecule has 0 aromatic rings. The average Bonchev–Trinajstić information content (AvgIpc) is 2.79. The summed E-state index contributed by atoms with van der Waals surface area (Å²) in [6.45, 7) is 9.81. The van der Waals surface area contributed by atoms with Gasteiger partial charge in [0.05, 0.1) is 92.5 Å². The van der Waals surface area contributed by atoms with Crippen molar-refractivity contribution in [1.29, 1.82) is 0 Å². The van der Waals surface area contributed by atoms with Crippen LogP contribution in [0.2, 0.25) is 0 Å². The maximum Gasteiger partial charge on any atom is 0.305 e. The van der Waals surface area contributed by atoms with Gasteiger partial charge in [-0.15, -0.1) is 0 Å². The van der Waals surface area contributed by atoms with E-state index >= 15 is 0 Å². The number of hydrogen-bond acceptors (Lipinski definition) is 9. The molecule has 0 spiro atoms. The van der Waals surface area contributed by atoms with Gasteiger partial charge in [-0.05, 0) is 6.42 Å². The van der Waals surface area contributed by atoms with Crippen molar-refractivity contribution < 1.29 is 42.7 Å². The topological polar surface area (TPSA) is 90.9 Å². The molecule has 0 unspecified atom stereocenters. The molecular weight excluding hydrogens is 488 g/mol. The van der Waals surface area contributed by atoms with Crippen molar-refractivity contribution in [2.45, 2.75) is 32.6 Å². The molecule has 0 atom stereocenters. The van der Waals surface area contributed by atoms with Crippen LogP contribution < -0.4 is 0 Å². The van der Waals surface area contributed by atoms with Gasteiger partial charge in [-0.25, -0.2) is 0 Å². The van der Waals surface area contributed by atoms with Crippen molar-refractivity contribution in [3.05, 3.63) is 0 Å². The minimum Gasteiger partial charge on any atom is -0.463 e. The van der Waals surface area contributed by atoms with Gasteiger partial charge in [0.2, 0.25) is 0 Å². The number of esters is 1. The second-order valence-electron chi connectivity index (χ2n) is 6.65. The molecule has 0 bridgehead atoms. The van der Waals surface area contributed by atoms with E-state index in [0.717, 1.165) is 24.6 Å². The quantitative estimate of drug-likeness (QED) is 0.0902. The summed E-state index contributed by atoms with van der Waals surface area (Å²) in [4.78, 5) is 11.4. The van der Waals surface area contributed by atoms with Crippen LogP contribution >= 0.6 is 15.9 Å². The molecule has 0 saturated heterocycles. The van der Waals surface area contributed by atoms with E-state index in [1.54, 1.807) is 0 Å². The Hall–Kier alpha value is -0.330. The van der Waals surface area contributed by atoms with Gasteiger partial charge in [-0.3, -0.25) is 4.79 Å². The van der Waals surface area contributed by atoms with Crippen LogP contribution in [-0.4, -0.2) is 110 Å². The zero-order valence-corrected chi connectivity index (χ0v) is 21.3. The monoisotopic (exact) mass is 530 g/mol. The third-order valence-corrected chi connectivity index (χ3v) is 4.25. The molecule has 0 radical (unpaired) electrons. The lowest BCUT2D eigenvalue weighted by atomic mass is 10.2. The van der Waals surface area contributed by atoms with Crippen molar-refractivity contribution in [3.8, 4) is 0 Å². The summed E-state index contributed by atoms with van der Waals surface area (Å²) in [6, 6.07) is 0. The molecule has 0 aromatic heterocycles. The standard InChI is InChI=1S/C22H43BrO9/c1-2-3-4-5-22(24)32-21-20-31-19-18-30-17-16-29-15-14-28-13-12-27-11-10-26-9-8-25-7-6-23/h2-21H2,1H3. The van der Waals surface area contributed by atoms with E-state index in [-0.39, 0.29) is 5.97 Å². The SMILES string of the molecule is CCCCCC(=O)OCCOCCOCCOCCOCCOCCOCCOCCBr. The molecule has 32 heavy (non-hydrogen) atoms. The molecule has 0 amide bonds. The third-order valence-electron chi connectivity index (χ3n) is 3.93. The Balaban J connectivity index is 3.06. The summed E-state index contributed by atoms with van der Waals surface area (Å²) in [6.07, 6.45) is 3.52. The van der Waals surface area contributed by atoms with E-state index in [1.807, 2.05) is 0 Å². The molecule has 0 aliphatic rings. The van der Waals surface area contributed by atoms with Gasteiger partial charge in [-0.1, -0.05) is 35.7 Å².